The van der Waals surface area contributed by atoms with E-state index in [1.54, 1.807) is 27.7 Å². The molecule has 198 valence electrons. The SMILES string of the molecule is CCOC(=O)C(C)(C)[C@H](O)C=C[C@@](C)(F)[C@H]1CC[C@H]2C(=CC=C3C[C@@H](O)C[C@H](O)C3)CCC[C@@]21C. The average molecular weight is 493 g/mol. The fourth-order valence-electron chi connectivity index (χ4n) is 6.77. The molecule has 0 saturated heterocycles. The van der Waals surface area contributed by atoms with Crippen molar-refractivity contribution in [2.75, 3.05) is 6.61 Å². The molecule has 3 saturated carbocycles. The summed E-state index contributed by atoms with van der Waals surface area (Å²) in [4.78, 5) is 12.2. The number of rotatable bonds is 7. The molecule has 7 atom stereocenters. The normalized spacial score (nSPS) is 35.6. The first-order chi connectivity index (χ1) is 16.3. The maximum absolute atomic E-state index is 16.2. The summed E-state index contributed by atoms with van der Waals surface area (Å²) < 4.78 is 21.3. The van der Waals surface area contributed by atoms with Crippen molar-refractivity contribution in [1.82, 2.24) is 0 Å². The summed E-state index contributed by atoms with van der Waals surface area (Å²) in [6.07, 6.45) is 11.3. The van der Waals surface area contributed by atoms with Crippen LogP contribution in [-0.2, 0) is 9.53 Å². The Morgan fingerprint density at radius 2 is 1.86 bits per heavy atom. The van der Waals surface area contributed by atoms with Crippen LogP contribution in [0.5, 0.6) is 0 Å². The zero-order chi connectivity index (χ0) is 26.0. The zero-order valence-electron chi connectivity index (χ0n) is 22.1. The third-order valence-corrected chi connectivity index (χ3v) is 8.86. The van der Waals surface area contributed by atoms with Crippen molar-refractivity contribution in [3.05, 3.63) is 35.5 Å². The molecule has 35 heavy (non-hydrogen) atoms. The molecule has 0 radical (unpaired) electrons. The number of ether oxygens (including phenoxy) is 1. The molecule has 0 amide bonds. The Labute approximate surface area is 210 Å². The van der Waals surface area contributed by atoms with Crippen LogP contribution in [0, 0.1) is 22.7 Å². The Kier molecular flexibility index (Phi) is 8.71. The average Bonchev–Trinajstić information content (AvgIpc) is 3.14. The second-order valence-electron chi connectivity index (χ2n) is 12.0. The fraction of sp³-hybridized carbons (Fsp3) is 0.759. The number of halogens is 1. The van der Waals surface area contributed by atoms with Crippen molar-refractivity contribution in [2.45, 2.75) is 110 Å². The van der Waals surface area contributed by atoms with Gasteiger partial charge in [0, 0.05) is 5.92 Å². The summed E-state index contributed by atoms with van der Waals surface area (Å²) in [5.41, 5.74) is -0.551. The standard InChI is InChI=1S/C29H45FO5/c1-6-35-26(34)27(2,3)25(33)13-15-29(5,30)24-12-11-23-20(8-7-14-28(23,24)4)10-9-19-16-21(31)18-22(32)17-19/h9-10,13,15,21-25,31-33H,6-8,11-12,14,16-18H2,1-5H3/t21-,22-,23+,24+,25-,28+,29-/m1/s1. The van der Waals surface area contributed by atoms with E-state index in [1.165, 1.54) is 17.7 Å². The lowest BCUT2D eigenvalue weighted by Gasteiger charge is -2.45. The third-order valence-electron chi connectivity index (χ3n) is 8.86. The molecule has 0 aromatic carbocycles. The Morgan fingerprint density at radius 3 is 2.49 bits per heavy atom. The molecule has 0 bridgehead atoms. The number of esters is 1. The molecule has 0 aliphatic heterocycles. The minimum Gasteiger partial charge on any atom is -0.465 e. The number of allylic oxidation sites excluding steroid dienone is 4. The minimum atomic E-state index is -1.62. The maximum atomic E-state index is 16.2. The number of hydrogen-bond donors (Lipinski definition) is 3. The Hall–Kier alpha value is -1.50. The van der Waals surface area contributed by atoms with Crippen LogP contribution in [0.3, 0.4) is 0 Å². The molecule has 0 aromatic rings. The van der Waals surface area contributed by atoms with E-state index in [4.69, 9.17) is 4.74 Å². The van der Waals surface area contributed by atoms with Crippen LogP contribution in [0.25, 0.3) is 0 Å². The molecular weight excluding hydrogens is 447 g/mol. The van der Waals surface area contributed by atoms with Gasteiger partial charge in [0.25, 0.3) is 0 Å². The van der Waals surface area contributed by atoms with Crippen LogP contribution in [0.4, 0.5) is 4.39 Å². The van der Waals surface area contributed by atoms with Crippen LogP contribution in [0.1, 0.15) is 86.0 Å². The Balaban J connectivity index is 1.76. The molecule has 0 aromatic heterocycles. The van der Waals surface area contributed by atoms with Crippen LogP contribution >= 0.6 is 0 Å². The highest BCUT2D eigenvalue weighted by Crippen LogP contribution is 2.61. The lowest BCUT2D eigenvalue weighted by atomic mass is 9.60. The highest BCUT2D eigenvalue weighted by molar-refractivity contribution is 5.77. The molecule has 3 fully saturated rings. The summed E-state index contributed by atoms with van der Waals surface area (Å²) in [5.74, 6) is -0.399. The van der Waals surface area contributed by atoms with Gasteiger partial charge in [0.05, 0.1) is 30.3 Å². The summed E-state index contributed by atoms with van der Waals surface area (Å²) >= 11 is 0. The van der Waals surface area contributed by atoms with Crippen molar-refractivity contribution in [2.24, 2.45) is 22.7 Å². The number of aliphatic hydroxyl groups is 3. The molecule has 3 rings (SSSR count). The number of hydrogen-bond acceptors (Lipinski definition) is 5. The molecule has 0 spiro atoms. The van der Waals surface area contributed by atoms with Gasteiger partial charge in [0.1, 0.15) is 5.67 Å². The van der Waals surface area contributed by atoms with Gasteiger partial charge in [0.15, 0.2) is 0 Å². The van der Waals surface area contributed by atoms with E-state index in [1.807, 2.05) is 0 Å². The van der Waals surface area contributed by atoms with Gasteiger partial charge in [-0.15, -0.1) is 0 Å². The number of alkyl halides is 1. The van der Waals surface area contributed by atoms with Crippen molar-refractivity contribution in [3.8, 4) is 0 Å². The number of aliphatic hydroxyl groups excluding tert-OH is 3. The molecular formula is C29H45FO5. The summed E-state index contributed by atoms with van der Waals surface area (Å²) in [6, 6.07) is 0. The number of fused-ring (bicyclic) bond motifs is 1. The Bertz CT molecular complexity index is 845. The van der Waals surface area contributed by atoms with Gasteiger partial charge in [-0.2, -0.15) is 0 Å². The third kappa shape index (κ3) is 6.08. The predicted octanol–water partition coefficient (Wildman–Crippen LogP) is 5.20. The molecule has 3 aliphatic rings. The largest absolute Gasteiger partial charge is 0.465 e. The van der Waals surface area contributed by atoms with Gasteiger partial charge < -0.3 is 20.1 Å². The molecule has 0 unspecified atom stereocenters. The van der Waals surface area contributed by atoms with E-state index in [0.717, 1.165) is 37.7 Å². The first-order valence-corrected chi connectivity index (χ1v) is 13.3. The van der Waals surface area contributed by atoms with E-state index in [9.17, 15) is 20.1 Å². The van der Waals surface area contributed by atoms with Crippen molar-refractivity contribution < 1.29 is 29.2 Å². The van der Waals surface area contributed by atoms with Crippen molar-refractivity contribution >= 4 is 5.97 Å². The Morgan fingerprint density at radius 1 is 1.20 bits per heavy atom. The smallest absolute Gasteiger partial charge is 0.314 e. The van der Waals surface area contributed by atoms with Crippen LogP contribution in [-0.4, -0.2) is 51.9 Å². The first-order valence-electron chi connectivity index (χ1n) is 13.3. The highest BCUT2D eigenvalue weighted by atomic mass is 19.1. The molecule has 6 heteroatoms. The fourth-order valence-corrected chi connectivity index (χ4v) is 6.77. The molecule has 5 nitrogen and oxygen atoms in total. The summed E-state index contributed by atoms with van der Waals surface area (Å²) in [7, 11) is 0. The number of carbonyl (C=O) groups is 1. The van der Waals surface area contributed by atoms with Gasteiger partial charge in [-0.1, -0.05) is 36.3 Å². The summed E-state index contributed by atoms with van der Waals surface area (Å²) in [6.45, 7) is 8.97. The lowest BCUT2D eigenvalue weighted by molar-refractivity contribution is -0.158. The summed E-state index contributed by atoms with van der Waals surface area (Å²) in [5, 5.41) is 30.6. The second-order valence-corrected chi connectivity index (χ2v) is 12.0. The minimum absolute atomic E-state index is 0.191. The highest BCUT2D eigenvalue weighted by Gasteiger charge is 2.55. The molecule has 3 aliphatic carbocycles. The maximum Gasteiger partial charge on any atom is 0.314 e. The molecule has 3 N–H and O–H groups in total. The quantitative estimate of drug-likeness (QED) is 0.336. The van der Waals surface area contributed by atoms with Crippen LogP contribution in [0.2, 0.25) is 0 Å². The van der Waals surface area contributed by atoms with Crippen LogP contribution in [0.15, 0.2) is 35.5 Å². The monoisotopic (exact) mass is 492 g/mol. The lowest BCUT2D eigenvalue weighted by Crippen LogP contribution is -2.42. The van der Waals surface area contributed by atoms with Crippen LogP contribution < -0.4 is 0 Å². The van der Waals surface area contributed by atoms with E-state index < -0.39 is 35.4 Å². The van der Waals surface area contributed by atoms with E-state index >= 15 is 4.39 Å². The van der Waals surface area contributed by atoms with Gasteiger partial charge in [-0.25, -0.2) is 4.39 Å². The van der Waals surface area contributed by atoms with E-state index in [-0.39, 0.29) is 17.9 Å². The van der Waals surface area contributed by atoms with Crippen molar-refractivity contribution in [1.29, 1.82) is 0 Å². The van der Waals surface area contributed by atoms with Crippen molar-refractivity contribution in [3.63, 3.8) is 0 Å². The van der Waals surface area contributed by atoms with E-state index in [0.29, 0.717) is 25.2 Å². The number of carbonyl (C=O) groups excluding carboxylic acids is 1. The van der Waals surface area contributed by atoms with Gasteiger partial charge in [0.2, 0.25) is 0 Å². The van der Waals surface area contributed by atoms with Gasteiger partial charge in [-0.3, -0.25) is 4.79 Å². The zero-order valence-corrected chi connectivity index (χ0v) is 22.1. The van der Waals surface area contributed by atoms with E-state index in [2.05, 4.69) is 19.1 Å². The first kappa shape index (κ1) is 28.1. The van der Waals surface area contributed by atoms with Gasteiger partial charge in [-0.05, 0) is 96.5 Å². The second kappa shape index (κ2) is 10.9. The molecule has 0 heterocycles. The van der Waals surface area contributed by atoms with Gasteiger partial charge >= 0.3 is 5.97 Å². The predicted molar refractivity (Wildman–Crippen MR) is 135 cm³/mol. The topological polar surface area (TPSA) is 87.0 Å².